The van der Waals surface area contributed by atoms with Gasteiger partial charge in [-0.2, -0.15) is 0 Å². The fourth-order valence-electron chi connectivity index (χ4n) is 3.27. The van der Waals surface area contributed by atoms with E-state index in [1.54, 1.807) is 12.3 Å². The molecule has 1 aliphatic rings. The Balaban J connectivity index is 1.59. The van der Waals surface area contributed by atoms with E-state index in [1.165, 1.54) is 0 Å². The van der Waals surface area contributed by atoms with Crippen LogP contribution in [-0.2, 0) is 29.1 Å². The lowest BCUT2D eigenvalue weighted by atomic mass is 10.1. The summed E-state index contributed by atoms with van der Waals surface area (Å²) < 4.78 is 7.26. The van der Waals surface area contributed by atoms with Crippen LogP contribution < -0.4 is 5.32 Å². The molecule has 1 N–H and O–H groups in total. The number of fused-ring (bicyclic) bond motifs is 1. The Kier molecular flexibility index (Phi) is 5.75. The fraction of sp³-hybridized carbons (Fsp3) is 0.526. The van der Waals surface area contributed by atoms with Crippen LogP contribution >= 0.6 is 0 Å². The van der Waals surface area contributed by atoms with Crippen molar-refractivity contribution in [3.05, 3.63) is 41.9 Å². The summed E-state index contributed by atoms with van der Waals surface area (Å²) in [5.74, 6) is 1.67. The van der Waals surface area contributed by atoms with Gasteiger partial charge in [0.05, 0.1) is 31.0 Å². The number of imidazole rings is 1. The van der Waals surface area contributed by atoms with Crippen LogP contribution in [0.2, 0.25) is 0 Å². The molecule has 26 heavy (non-hydrogen) atoms. The van der Waals surface area contributed by atoms with E-state index >= 15 is 0 Å². The predicted molar refractivity (Wildman–Crippen MR) is 96.1 cm³/mol. The molecule has 2 aromatic heterocycles. The van der Waals surface area contributed by atoms with Gasteiger partial charge in [0.2, 0.25) is 11.8 Å². The summed E-state index contributed by atoms with van der Waals surface area (Å²) in [6.07, 6.45) is 6.24. The maximum absolute atomic E-state index is 12.4. The third kappa shape index (κ3) is 4.15. The minimum atomic E-state index is -0.0969. The molecule has 0 radical (unpaired) electrons. The molecule has 0 bridgehead atoms. The Morgan fingerprint density at radius 1 is 1.38 bits per heavy atom. The summed E-state index contributed by atoms with van der Waals surface area (Å²) in [4.78, 5) is 31.0. The van der Waals surface area contributed by atoms with E-state index in [1.807, 2.05) is 24.1 Å². The largest absolute Gasteiger partial charge is 0.467 e. The summed E-state index contributed by atoms with van der Waals surface area (Å²) in [5.41, 5.74) is 0.728. The van der Waals surface area contributed by atoms with E-state index < -0.39 is 0 Å². The van der Waals surface area contributed by atoms with Gasteiger partial charge in [-0.05, 0) is 25.5 Å². The fourth-order valence-corrected chi connectivity index (χ4v) is 3.27. The number of rotatable bonds is 7. The lowest BCUT2D eigenvalue weighted by Gasteiger charge is -2.33. The third-order valence-corrected chi connectivity index (χ3v) is 4.73. The van der Waals surface area contributed by atoms with Crippen LogP contribution in [0.15, 0.2) is 29.0 Å². The van der Waals surface area contributed by atoms with Crippen LogP contribution in [0.5, 0.6) is 0 Å². The van der Waals surface area contributed by atoms with E-state index in [-0.39, 0.29) is 24.3 Å². The van der Waals surface area contributed by atoms with Crippen molar-refractivity contribution in [2.45, 2.75) is 58.7 Å². The van der Waals surface area contributed by atoms with Gasteiger partial charge in [0.1, 0.15) is 11.6 Å². The van der Waals surface area contributed by atoms with Crippen molar-refractivity contribution in [2.75, 3.05) is 6.54 Å². The summed E-state index contributed by atoms with van der Waals surface area (Å²) in [7, 11) is 0. The molecular formula is C19H26N4O3. The standard InChI is InChI=1S/C19H26N4O3/c1-3-4-7-18(25)23-9-8-22-13-15(21-19(22)14(23)2)11-17(24)20-12-16-6-5-10-26-16/h5-6,10,13-14H,3-4,7-9,11-12H2,1-2H3,(H,20,24)/t14-/m1/s1. The third-order valence-electron chi connectivity index (χ3n) is 4.73. The molecular weight excluding hydrogens is 332 g/mol. The second kappa shape index (κ2) is 8.21. The zero-order valence-corrected chi connectivity index (χ0v) is 15.4. The van der Waals surface area contributed by atoms with Gasteiger partial charge in [-0.3, -0.25) is 9.59 Å². The lowest BCUT2D eigenvalue weighted by Crippen LogP contribution is -2.41. The van der Waals surface area contributed by atoms with Gasteiger partial charge in [0.25, 0.3) is 0 Å². The van der Waals surface area contributed by atoms with Gasteiger partial charge >= 0.3 is 0 Å². The van der Waals surface area contributed by atoms with Gasteiger partial charge in [0, 0.05) is 25.7 Å². The molecule has 2 amide bonds. The number of carbonyl (C=O) groups excluding carboxylic acids is 2. The average Bonchev–Trinajstić information content (AvgIpc) is 3.28. The van der Waals surface area contributed by atoms with Crippen LogP contribution in [0, 0.1) is 0 Å². The molecule has 0 spiro atoms. The van der Waals surface area contributed by atoms with E-state index in [0.717, 1.165) is 36.7 Å². The molecule has 0 saturated carbocycles. The van der Waals surface area contributed by atoms with Crippen molar-refractivity contribution in [3.8, 4) is 0 Å². The van der Waals surface area contributed by atoms with Crippen molar-refractivity contribution in [2.24, 2.45) is 0 Å². The first-order chi connectivity index (χ1) is 12.6. The average molecular weight is 358 g/mol. The topological polar surface area (TPSA) is 80.4 Å². The minimum absolute atomic E-state index is 0.0620. The highest BCUT2D eigenvalue weighted by Gasteiger charge is 2.29. The normalized spacial score (nSPS) is 16.4. The number of nitrogens with zero attached hydrogens (tertiary/aromatic N) is 3. The van der Waals surface area contributed by atoms with Gasteiger partial charge < -0.3 is 19.2 Å². The summed E-state index contributed by atoms with van der Waals surface area (Å²) >= 11 is 0. The van der Waals surface area contributed by atoms with E-state index in [0.29, 0.717) is 19.5 Å². The molecule has 2 aromatic rings. The summed E-state index contributed by atoms with van der Waals surface area (Å²) in [6, 6.07) is 3.55. The van der Waals surface area contributed by atoms with Crippen LogP contribution in [0.1, 0.15) is 56.4 Å². The molecule has 0 unspecified atom stereocenters. The SMILES string of the molecule is CCCCC(=O)N1CCn2cc(CC(=O)NCc3ccco3)nc2[C@H]1C. The van der Waals surface area contributed by atoms with E-state index in [2.05, 4.69) is 21.8 Å². The molecule has 7 nitrogen and oxygen atoms in total. The predicted octanol–water partition coefficient (Wildman–Crippen LogP) is 2.43. The summed E-state index contributed by atoms with van der Waals surface area (Å²) in [5, 5.41) is 2.83. The Morgan fingerprint density at radius 2 is 2.23 bits per heavy atom. The number of nitrogens with one attached hydrogen (secondary N) is 1. The van der Waals surface area contributed by atoms with Gasteiger partial charge in [0.15, 0.2) is 0 Å². The highest BCUT2D eigenvalue weighted by molar-refractivity contribution is 5.78. The number of hydrogen-bond acceptors (Lipinski definition) is 4. The number of unbranched alkanes of at least 4 members (excludes halogenated alkanes) is 1. The highest BCUT2D eigenvalue weighted by atomic mass is 16.3. The molecule has 140 valence electrons. The lowest BCUT2D eigenvalue weighted by molar-refractivity contribution is -0.134. The van der Waals surface area contributed by atoms with Crippen molar-refractivity contribution in [3.63, 3.8) is 0 Å². The maximum Gasteiger partial charge on any atom is 0.226 e. The molecule has 1 atom stereocenters. The molecule has 7 heteroatoms. The van der Waals surface area contributed by atoms with Crippen LogP contribution in [-0.4, -0.2) is 32.8 Å². The number of amides is 2. The first-order valence-corrected chi connectivity index (χ1v) is 9.23. The molecule has 0 saturated heterocycles. The quantitative estimate of drug-likeness (QED) is 0.824. The smallest absolute Gasteiger partial charge is 0.226 e. The van der Waals surface area contributed by atoms with Gasteiger partial charge in [-0.1, -0.05) is 13.3 Å². The zero-order chi connectivity index (χ0) is 18.5. The maximum atomic E-state index is 12.4. The Morgan fingerprint density at radius 3 is 2.96 bits per heavy atom. The number of hydrogen-bond donors (Lipinski definition) is 1. The first-order valence-electron chi connectivity index (χ1n) is 9.23. The highest BCUT2D eigenvalue weighted by Crippen LogP contribution is 2.25. The number of carbonyl (C=O) groups is 2. The Labute approximate surface area is 153 Å². The molecule has 0 aliphatic carbocycles. The molecule has 3 heterocycles. The molecule has 1 aliphatic heterocycles. The summed E-state index contributed by atoms with van der Waals surface area (Å²) in [6.45, 7) is 5.87. The van der Waals surface area contributed by atoms with E-state index in [9.17, 15) is 9.59 Å². The van der Waals surface area contributed by atoms with Gasteiger partial charge in [-0.25, -0.2) is 4.98 Å². The minimum Gasteiger partial charge on any atom is -0.467 e. The van der Waals surface area contributed by atoms with Crippen LogP contribution in [0.3, 0.4) is 0 Å². The van der Waals surface area contributed by atoms with Crippen molar-refractivity contribution in [1.82, 2.24) is 19.8 Å². The van der Waals surface area contributed by atoms with Gasteiger partial charge in [-0.15, -0.1) is 0 Å². The van der Waals surface area contributed by atoms with E-state index in [4.69, 9.17) is 4.42 Å². The zero-order valence-electron chi connectivity index (χ0n) is 15.4. The second-order valence-corrected chi connectivity index (χ2v) is 6.68. The second-order valence-electron chi connectivity index (χ2n) is 6.68. The monoisotopic (exact) mass is 358 g/mol. The first kappa shape index (κ1) is 18.2. The van der Waals surface area contributed by atoms with Crippen LogP contribution in [0.4, 0.5) is 0 Å². The van der Waals surface area contributed by atoms with Crippen LogP contribution in [0.25, 0.3) is 0 Å². The number of aromatic nitrogens is 2. The van der Waals surface area contributed by atoms with Crippen molar-refractivity contribution >= 4 is 11.8 Å². The number of furan rings is 1. The van der Waals surface area contributed by atoms with Crippen molar-refractivity contribution < 1.29 is 14.0 Å². The Bertz CT molecular complexity index is 751. The van der Waals surface area contributed by atoms with Crippen molar-refractivity contribution in [1.29, 1.82) is 0 Å². The molecule has 3 rings (SSSR count). The Hall–Kier alpha value is -2.57. The molecule has 0 aromatic carbocycles. The molecule has 0 fully saturated rings.